The molecule has 1 heterocycles. The van der Waals surface area contributed by atoms with E-state index in [1.807, 2.05) is 24.3 Å². The van der Waals surface area contributed by atoms with E-state index in [-0.39, 0.29) is 5.69 Å². The van der Waals surface area contributed by atoms with Crippen LogP contribution in [0.5, 0.6) is 0 Å². The molecule has 7 heteroatoms. The summed E-state index contributed by atoms with van der Waals surface area (Å²) in [5.74, 6) is -0.496. The lowest BCUT2D eigenvalue weighted by Gasteiger charge is -2.14. The van der Waals surface area contributed by atoms with Crippen molar-refractivity contribution in [3.63, 3.8) is 0 Å². The van der Waals surface area contributed by atoms with Crippen molar-refractivity contribution < 1.29 is 9.69 Å². The van der Waals surface area contributed by atoms with Gasteiger partial charge in [0.1, 0.15) is 6.54 Å². The SMILES string of the molecule is Cc1cc(=O)c(C(=O)NCc2ccccc2C[NH+](C)C)nn1-c1ccc(Cl)cc1. The first-order valence-electron chi connectivity index (χ1n) is 9.36. The van der Waals surface area contributed by atoms with Gasteiger partial charge in [0.15, 0.2) is 5.69 Å². The maximum absolute atomic E-state index is 12.7. The molecule has 0 aliphatic carbocycles. The zero-order valence-electron chi connectivity index (χ0n) is 16.7. The molecule has 2 N–H and O–H groups in total. The fourth-order valence-corrected chi connectivity index (χ4v) is 3.22. The molecule has 6 nitrogen and oxygen atoms in total. The van der Waals surface area contributed by atoms with Gasteiger partial charge in [-0.3, -0.25) is 9.59 Å². The number of hydrogen-bond donors (Lipinski definition) is 2. The van der Waals surface area contributed by atoms with Crippen LogP contribution in [0.4, 0.5) is 0 Å². The van der Waals surface area contributed by atoms with Crippen LogP contribution in [0.2, 0.25) is 5.02 Å². The first-order valence-corrected chi connectivity index (χ1v) is 9.74. The van der Waals surface area contributed by atoms with Crippen LogP contribution in [0.1, 0.15) is 27.3 Å². The summed E-state index contributed by atoms with van der Waals surface area (Å²) in [7, 11) is 4.15. The Labute approximate surface area is 174 Å². The maximum atomic E-state index is 12.7. The van der Waals surface area contributed by atoms with E-state index < -0.39 is 11.3 Å². The Morgan fingerprint density at radius 3 is 2.41 bits per heavy atom. The highest BCUT2D eigenvalue weighted by Gasteiger charge is 2.16. The van der Waals surface area contributed by atoms with Crippen molar-refractivity contribution in [3.05, 3.63) is 92.4 Å². The summed E-state index contributed by atoms with van der Waals surface area (Å²) in [5, 5.41) is 7.73. The number of aromatic nitrogens is 2. The molecule has 0 saturated heterocycles. The largest absolute Gasteiger partial charge is 0.346 e. The normalized spacial score (nSPS) is 10.9. The van der Waals surface area contributed by atoms with Crippen molar-refractivity contribution in [3.8, 4) is 5.69 Å². The number of nitrogens with one attached hydrogen (secondary N) is 2. The third kappa shape index (κ3) is 5.10. The highest BCUT2D eigenvalue weighted by molar-refractivity contribution is 6.30. The van der Waals surface area contributed by atoms with Gasteiger partial charge in [-0.1, -0.05) is 35.9 Å². The van der Waals surface area contributed by atoms with Crippen molar-refractivity contribution in [2.24, 2.45) is 0 Å². The van der Waals surface area contributed by atoms with Crippen molar-refractivity contribution in [1.29, 1.82) is 0 Å². The molecule has 0 aliphatic heterocycles. The van der Waals surface area contributed by atoms with Gasteiger partial charge in [0.25, 0.3) is 5.91 Å². The highest BCUT2D eigenvalue weighted by Crippen LogP contribution is 2.14. The average Bonchev–Trinajstić information content (AvgIpc) is 2.67. The molecule has 0 fully saturated rings. The van der Waals surface area contributed by atoms with Crippen molar-refractivity contribution in [2.45, 2.75) is 20.0 Å². The molecule has 3 aromatic rings. The second kappa shape index (κ2) is 9.03. The topological polar surface area (TPSA) is 68.4 Å². The molecule has 0 aliphatic rings. The van der Waals surface area contributed by atoms with Crippen LogP contribution in [0.15, 0.2) is 59.4 Å². The first-order chi connectivity index (χ1) is 13.8. The Bertz CT molecular complexity index is 1070. The Morgan fingerprint density at radius 2 is 1.76 bits per heavy atom. The van der Waals surface area contributed by atoms with Gasteiger partial charge in [-0.05, 0) is 36.8 Å². The molecule has 1 amide bonds. The predicted octanol–water partition coefficient (Wildman–Crippen LogP) is 1.77. The van der Waals surface area contributed by atoms with Crippen LogP contribution >= 0.6 is 11.6 Å². The number of amides is 1. The Morgan fingerprint density at radius 1 is 1.10 bits per heavy atom. The van der Waals surface area contributed by atoms with E-state index in [0.29, 0.717) is 17.3 Å². The van der Waals surface area contributed by atoms with Gasteiger partial charge in [-0.25, -0.2) is 4.68 Å². The van der Waals surface area contributed by atoms with Gasteiger partial charge in [-0.15, -0.1) is 0 Å². The molecule has 1 aromatic heterocycles. The van der Waals surface area contributed by atoms with E-state index in [2.05, 4.69) is 24.5 Å². The minimum Gasteiger partial charge on any atom is -0.346 e. The lowest BCUT2D eigenvalue weighted by atomic mass is 10.1. The molecule has 0 radical (unpaired) electrons. The van der Waals surface area contributed by atoms with Gasteiger partial charge in [-0.2, -0.15) is 5.10 Å². The number of hydrogen-bond acceptors (Lipinski definition) is 3. The van der Waals surface area contributed by atoms with E-state index in [4.69, 9.17) is 11.6 Å². The summed E-state index contributed by atoms with van der Waals surface area (Å²) in [4.78, 5) is 26.4. The Hall–Kier alpha value is -2.96. The number of nitrogens with zero attached hydrogens (tertiary/aromatic N) is 2. The van der Waals surface area contributed by atoms with Crippen LogP contribution in [-0.4, -0.2) is 29.8 Å². The number of carbonyl (C=O) groups is 1. The van der Waals surface area contributed by atoms with Crippen LogP contribution in [0, 0.1) is 6.92 Å². The van der Waals surface area contributed by atoms with Crippen molar-refractivity contribution >= 4 is 17.5 Å². The van der Waals surface area contributed by atoms with E-state index in [1.165, 1.54) is 11.0 Å². The lowest BCUT2D eigenvalue weighted by Crippen LogP contribution is -3.04. The second-order valence-electron chi connectivity index (χ2n) is 7.22. The summed E-state index contributed by atoms with van der Waals surface area (Å²) < 4.78 is 1.57. The minimum absolute atomic E-state index is 0.138. The number of aryl methyl sites for hydroxylation is 1. The average molecular weight is 412 g/mol. The van der Waals surface area contributed by atoms with Crippen LogP contribution in [0.3, 0.4) is 0 Å². The second-order valence-corrected chi connectivity index (χ2v) is 7.66. The number of benzene rings is 2. The summed E-state index contributed by atoms with van der Waals surface area (Å²) >= 11 is 5.94. The molecular formula is C22H24ClN4O2+. The molecule has 0 bridgehead atoms. The van der Waals surface area contributed by atoms with Crippen molar-refractivity contribution in [2.75, 3.05) is 14.1 Å². The fraction of sp³-hybridized carbons (Fsp3) is 0.227. The highest BCUT2D eigenvalue weighted by atomic mass is 35.5. The zero-order valence-corrected chi connectivity index (χ0v) is 17.5. The quantitative estimate of drug-likeness (QED) is 0.649. The van der Waals surface area contributed by atoms with Gasteiger partial charge in [0.2, 0.25) is 5.43 Å². The standard InChI is InChI=1S/C22H23ClN4O2/c1-15-12-20(28)21(25-27(15)19-10-8-18(23)9-11-19)22(29)24-13-16-6-4-5-7-17(16)14-26(2)3/h4-12H,13-14H2,1-3H3,(H,24,29)/p+1. The maximum Gasteiger partial charge on any atom is 0.276 e. The van der Waals surface area contributed by atoms with Crippen LogP contribution in [0.25, 0.3) is 5.69 Å². The van der Waals surface area contributed by atoms with Crippen molar-refractivity contribution in [1.82, 2.24) is 15.1 Å². The molecule has 0 spiro atoms. The van der Waals surface area contributed by atoms with E-state index in [0.717, 1.165) is 23.4 Å². The van der Waals surface area contributed by atoms with Crippen LogP contribution in [-0.2, 0) is 13.1 Å². The van der Waals surface area contributed by atoms with Gasteiger partial charge in [0.05, 0.1) is 19.8 Å². The number of halogens is 1. The third-order valence-electron chi connectivity index (χ3n) is 4.50. The van der Waals surface area contributed by atoms with Gasteiger partial charge < -0.3 is 10.2 Å². The van der Waals surface area contributed by atoms with E-state index in [9.17, 15) is 9.59 Å². The molecule has 0 atom stereocenters. The zero-order chi connectivity index (χ0) is 21.0. The third-order valence-corrected chi connectivity index (χ3v) is 4.75. The molecule has 0 unspecified atom stereocenters. The number of carbonyl (C=O) groups excluding carboxylic acids is 1. The monoisotopic (exact) mass is 411 g/mol. The van der Waals surface area contributed by atoms with Gasteiger partial charge >= 0.3 is 0 Å². The number of quaternary nitrogens is 1. The molecule has 29 heavy (non-hydrogen) atoms. The predicted molar refractivity (Wildman–Crippen MR) is 114 cm³/mol. The summed E-state index contributed by atoms with van der Waals surface area (Å²) in [6, 6.07) is 16.4. The molecule has 3 rings (SSSR count). The summed E-state index contributed by atoms with van der Waals surface area (Å²) in [6.07, 6.45) is 0. The Kier molecular flexibility index (Phi) is 6.46. The minimum atomic E-state index is -0.496. The van der Waals surface area contributed by atoms with Gasteiger partial charge in [0, 0.05) is 28.9 Å². The molecular weight excluding hydrogens is 388 g/mol. The Balaban J connectivity index is 1.84. The fourth-order valence-electron chi connectivity index (χ4n) is 3.09. The molecule has 2 aromatic carbocycles. The number of rotatable bonds is 6. The smallest absolute Gasteiger partial charge is 0.276 e. The summed E-state index contributed by atoms with van der Waals surface area (Å²) in [6.45, 7) is 2.95. The molecule has 150 valence electrons. The van der Waals surface area contributed by atoms with E-state index in [1.54, 1.807) is 35.9 Å². The first kappa shape index (κ1) is 20.8. The summed E-state index contributed by atoms with van der Waals surface area (Å²) in [5.41, 5.74) is 2.99. The van der Waals surface area contributed by atoms with E-state index >= 15 is 0 Å². The lowest BCUT2D eigenvalue weighted by molar-refractivity contribution is -0.872. The van der Waals surface area contributed by atoms with Crippen LogP contribution < -0.4 is 15.6 Å². The molecule has 0 saturated carbocycles.